The molecule has 0 aliphatic heterocycles. The number of quaternary nitrogens is 1. The molecule has 0 saturated heterocycles. The SMILES string of the molecule is CC/C=C\C/C=C\C/C=C\C/C=C\C/C=C\C/C=C\C/C=C\C/C=C\CCCCCCCCCCCCCCCCC(=O)OC(COC(=O)CCCCCCCCCC/C=C\C/C=C\C/C=C\CCCCCCC)COC(OCC[N+](C)(C)C)C(=O)O. The Hall–Kier alpha value is -4.57. The molecule has 9 heteroatoms. The molecule has 0 radical (unpaired) electrons. The molecule has 0 aromatic carbocycles. The van der Waals surface area contributed by atoms with Gasteiger partial charge >= 0.3 is 17.9 Å². The maximum Gasteiger partial charge on any atom is 0.361 e. The first-order valence-electron chi connectivity index (χ1n) is 35.3. The fraction of sp³-hybridized carbons (Fsp3) is 0.679. The van der Waals surface area contributed by atoms with Gasteiger partial charge < -0.3 is 28.5 Å². The van der Waals surface area contributed by atoms with Crippen LogP contribution < -0.4 is 0 Å². The third kappa shape index (κ3) is 68.8. The van der Waals surface area contributed by atoms with Crippen LogP contribution in [-0.4, -0.2) is 87.4 Å². The van der Waals surface area contributed by atoms with E-state index in [1.165, 1.54) is 135 Å². The van der Waals surface area contributed by atoms with Gasteiger partial charge in [-0.3, -0.25) is 9.59 Å². The molecule has 496 valence electrons. The molecule has 1 N–H and O–H groups in total. The number of hydrogen-bond donors (Lipinski definition) is 1. The number of nitrogens with zero attached hydrogens (tertiary/aromatic N) is 1. The minimum atomic E-state index is -1.52. The molecule has 2 unspecified atom stereocenters. The van der Waals surface area contributed by atoms with Crippen LogP contribution in [0.2, 0.25) is 0 Å². The van der Waals surface area contributed by atoms with Gasteiger partial charge in [0, 0.05) is 12.8 Å². The van der Waals surface area contributed by atoms with Crippen molar-refractivity contribution in [3.8, 4) is 0 Å². The van der Waals surface area contributed by atoms with Crippen LogP contribution in [0.5, 0.6) is 0 Å². The Morgan fingerprint density at radius 3 is 0.977 bits per heavy atom. The zero-order chi connectivity index (χ0) is 63.3. The lowest BCUT2D eigenvalue weighted by Crippen LogP contribution is -2.40. The van der Waals surface area contributed by atoms with Gasteiger partial charge in [0.25, 0.3) is 6.29 Å². The van der Waals surface area contributed by atoms with Crippen molar-refractivity contribution in [2.45, 2.75) is 296 Å². The number of carbonyl (C=O) groups is 3. The Morgan fingerprint density at radius 2 is 0.655 bits per heavy atom. The number of carboxylic acids is 1. The van der Waals surface area contributed by atoms with E-state index in [9.17, 15) is 19.5 Å². The number of aliphatic carboxylic acids is 1. The second-order valence-corrected chi connectivity index (χ2v) is 24.5. The van der Waals surface area contributed by atoms with Crippen molar-refractivity contribution in [3.05, 3.63) is 134 Å². The largest absolute Gasteiger partial charge is 0.477 e. The summed E-state index contributed by atoms with van der Waals surface area (Å²) < 4.78 is 23.0. The van der Waals surface area contributed by atoms with Crippen molar-refractivity contribution in [3.63, 3.8) is 0 Å². The zero-order valence-corrected chi connectivity index (χ0v) is 56.6. The number of rotatable bonds is 64. The van der Waals surface area contributed by atoms with Gasteiger partial charge in [0.2, 0.25) is 0 Å². The lowest BCUT2D eigenvalue weighted by Gasteiger charge is -2.25. The van der Waals surface area contributed by atoms with Gasteiger partial charge in [-0.1, -0.05) is 289 Å². The summed E-state index contributed by atoms with van der Waals surface area (Å²) in [5, 5.41) is 9.75. The average Bonchev–Trinajstić information content (AvgIpc) is 3.55. The number of ether oxygens (including phenoxy) is 4. The second-order valence-electron chi connectivity index (χ2n) is 24.5. The first kappa shape index (κ1) is 82.4. The van der Waals surface area contributed by atoms with Crippen molar-refractivity contribution < 1.29 is 42.9 Å². The van der Waals surface area contributed by atoms with Crippen LogP contribution in [0.25, 0.3) is 0 Å². The van der Waals surface area contributed by atoms with Gasteiger partial charge in [0.05, 0.1) is 34.4 Å². The molecular weight excluding hydrogens is 1080 g/mol. The molecule has 2 atom stereocenters. The van der Waals surface area contributed by atoms with E-state index < -0.39 is 24.3 Å². The topological polar surface area (TPSA) is 108 Å². The van der Waals surface area contributed by atoms with Crippen molar-refractivity contribution in [1.29, 1.82) is 0 Å². The molecular formula is C78H132NO8+. The Morgan fingerprint density at radius 1 is 0.356 bits per heavy atom. The van der Waals surface area contributed by atoms with Crippen molar-refractivity contribution in [1.82, 2.24) is 0 Å². The highest BCUT2D eigenvalue weighted by atomic mass is 16.7. The van der Waals surface area contributed by atoms with Gasteiger partial charge in [-0.25, -0.2) is 4.79 Å². The Kier molecular flexibility index (Phi) is 63.8. The highest BCUT2D eigenvalue weighted by Gasteiger charge is 2.25. The highest BCUT2D eigenvalue weighted by molar-refractivity contribution is 5.71. The third-order valence-electron chi connectivity index (χ3n) is 14.9. The Bertz CT molecular complexity index is 1890. The summed E-state index contributed by atoms with van der Waals surface area (Å²) in [6.07, 6.45) is 94.1. The highest BCUT2D eigenvalue weighted by Crippen LogP contribution is 2.16. The Balaban J connectivity index is 4.13. The van der Waals surface area contributed by atoms with Gasteiger partial charge in [0.15, 0.2) is 6.10 Å². The minimum absolute atomic E-state index is 0.181. The molecule has 0 spiro atoms. The van der Waals surface area contributed by atoms with Crippen molar-refractivity contribution in [2.24, 2.45) is 0 Å². The molecule has 0 fully saturated rings. The molecule has 0 aliphatic carbocycles. The van der Waals surface area contributed by atoms with Gasteiger partial charge in [0.1, 0.15) is 13.2 Å². The number of esters is 2. The fourth-order valence-corrected chi connectivity index (χ4v) is 9.51. The van der Waals surface area contributed by atoms with Crippen molar-refractivity contribution in [2.75, 3.05) is 47.5 Å². The standard InChI is InChI=1S/C78H131NO8/c1-6-8-10-12-14-16-18-20-22-24-26-28-30-31-32-33-34-35-36-37-38-39-40-41-42-43-44-45-47-49-51-53-55-57-59-61-63-65-67-69-76(81)87-74(73-86-78(77(82)83)84-71-70-79(3,4)5)72-85-75(80)68-66-64-62-60-58-56-54-52-50-48-46-29-27-25-23-21-19-17-15-13-11-9-7-2/h8,10,14,16,19-22,25-28,31-32,34-35,37-38,40-41,46,48,74,78H,6-7,9,11-13,15,17-18,23-24,29-30,33,36,39,42-45,47,49-73H2,1-5H3/p+1/b10-8-,16-14-,21-19-,22-20-,27-25-,28-26-,32-31-,35-34-,38-37-,41-40-,48-46-. The smallest absolute Gasteiger partial charge is 0.361 e. The first-order valence-corrected chi connectivity index (χ1v) is 35.3. The van der Waals surface area contributed by atoms with E-state index in [4.69, 9.17) is 18.9 Å². The number of hydrogen-bond acceptors (Lipinski definition) is 7. The normalized spacial score (nSPS) is 13.5. The first-order chi connectivity index (χ1) is 42.6. The molecule has 0 amide bonds. The quantitative estimate of drug-likeness (QED) is 0.0211. The maximum atomic E-state index is 12.9. The number of likely N-dealkylation sites (N-methyl/N-ethyl adjacent to an activating group) is 1. The van der Waals surface area contributed by atoms with E-state index in [0.717, 1.165) is 116 Å². The van der Waals surface area contributed by atoms with E-state index in [1.54, 1.807) is 0 Å². The van der Waals surface area contributed by atoms with Crippen LogP contribution in [0.4, 0.5) is 0 Å². The fourth-order valence-electron chi connectivity index (χ4n) is 9.51. The molecule has 0 heterocycles. The van der Waals surface area contributed by atoms with E-state index in [2.05, 4.69) is 148 Å². The molecule has 0 aromatic heterocycles. The van der Waals surface area contributed by atoms with Gasteiger partial charge in [-0.2, -0.15) is 0 Å². The summed E-state index contributed by atoms with van der Waals surface area (Å²) in [6.45, 7) is 4.75. The van der Waals surface area contributed by atoms with Gasteiger partial charge in [-0.05, 0) is 116 Å². The number of carboxylic acid groups (broad SMARTS) is 1. The lowest BCUT2D eigenvalue weighted by molar-refractivity contribution is -0.870. The van der Waals surface area contributed by atoms with Crippen LogP contribution in [0.1, 0.15) is 284 Å². The molecule has 9 nitrogen and oxygen atoms in total. The zero-order valence-electron chi connectivity index (χ0n) is 56.6. The molecule has 0 saturated carbocycles. The minimum Gasteiger partial charge on any atom is -0.477 e. The monoisotopic (exact) mass is 1210 g/mol. The molecule has 0 rings (SSSR count). The van der Waals surface area contributed by atoms with E-state index in [-0.39, 0.29) is 38.6 Å². The summed E-state index contributed by atoms with van der Waals surface area (Å²) in [6, 6.07) is 0. The molecule has 0 aromatic rings. The van der Waals surface area contributed by atoms with Crippen LogP contribution >= 0.6 is 0 Å². The summed E-state index contributed by atoms with van der Waals surface area (Å²) in [7, 11) is 5.97. The van der Waals surface area contributed by atoms with E-state index >= 15 is 0 Å². The molecule has 87 heavy (non-hydrogen) atoms. The van der Waals surface area contributed by atoms with E-state index in [0.29, 0.717) is 17.4 Å². The Labute approximate surface area is 535 Å². The van der Waals surface area contributed by atoms with Crippen LogP contribution in [0.15, 0.2) is 134 Å². The van der Waals surface area contributed by atoms with Gasteiger partial charge in [-0.15, -0.1) is 0 Å². The average molecular weight is 1210 g/mol. The lowest BCUT2D eigenvalue weighted by atomic mass is 10.0. The van der Waals surface area contributed by atoms with E-state index in [1.807, 2.05) is 21.1 Å². The molecule has 0 bridgehead atoms. The summed E-state index contributed by atoms with van der Waals surface area (Å²) in [4.78, 5) is 37.6. The molecule has 0 aliphatic rings. The summed E-state index contributed by atoms with van der Waals surface area (Å²) in [5.41, 5.74) is 0. The predicted octanol–water partition coefficient (Wildman–Crippen LogP) is 22.1. The number of unbranched alkanes of at least 4 members (excludes halogenated alkanes) is 27. The number of carbonyl (C=O) groups excluding carboxylic acids is 2. The summed E-state index contributed by atoms with van der Waals surface area (Å²) in [5.74, 6) is -2.02. The van der Waals surface area contributed by atoms with Crippen molar-refractivity contribution >= 4 is 17.9 Å². The second kappa shape index (κ2) is 67.4. The van der Waals surface area contributed by atoms with Crippen LogP contribution in [-0.2, 0) is 33.3 Å². The third-order valence-corrected chi connectivity index (χ3v) is 14.9. The number of allylic oxidation sites excluding steroid dienone is 22. The van der Waals surface area contributed by atoms with Crippen LogP contribution in [0.3, 0.4) is 0 Å². The summed E-state index contributed by atoms with van der Waals surface area (Å²) >= 11 is 0. The predicted molar refractivity (Wildman–Crippen MR) is 373 cm³/mol. The van der Waals surface area contributed by atoms with Crippen LogP contribution in [0, 0.1) is 0 Å². The maximum absolute atomic E-state index is 12.9.